The number of aromatic nitrogens is 2. The molecule has 128 valence electrons. The van der Waals surface area contributed by atoms with Crippen LogP contribution >= 0.6 is 11.8 Å². The molecule has 1 heterocycles. The lowest BCUT2D eigenvalue weighted by molar-refractivity contribution is -0.127. The quantitative estimate of drug-likeness (QED) is 0.631. The number of halogens is 1. The van der Waals surface area contributed by atoms with E-state index >= 15 is 0 Å². The number of hydrogen-bond acceptors (Lipinski definition) is 5. The monoisotopic (exact) mass is 357 g/mol. The molecule has 0 aliphatic rings. The number of rotatable bonds is 6. The highest BCUT2D eigenvalue weighted by Crippen LogP contribution is 2.23. The van der Waals surface area contributed by atoms with Gasteiger partial charge in [-0.1, -0.05) is 42.1 Å². The van der Waals surface area contributed by atoms with Crippen molar-refractivity contribution in [2.24, 2.45) is 0 Å². The molecule has 1 aromatic heterocycles. The van der Waals surface area contributed by atoms with Crippen LogP contribution in [0, 0.1) is 5.82 Å². The Bertz CT molecular complexity index is 837. The lowest BCUT2D eigenvalue weighted by Gasteiger charge is -2.16. The van der Waals surface area contributed by atoms with Crippen LogP contribution in [0.5, 0.6) is 0 Å². The van der Waals surface area contributed by atoms with Crippen molar-refractivity contribution in [3.8, 4) is 11.5 Å². The molecule has 0 aliphatic carbocycles. The minimum absolute atomic E-state index is 0.0321. The minimum atomic E-state index is -0.329. The molecule has 0 bridgehead atoms. The van der Waals surface area contributed by atoms with Crippen molar-refractivity contribution in [3.05, 3.63) is 66.0 Å². The van der Waals surface area contributed by atoms with Crippen LogP contribution in [0.3, 0.4) is 0 Å². The summed E-state index contributed by atoms with van der Waals surface area (Å²) < 4.78 is 18.4. The molecule has 25 heavy (non-hydrogen) atoms. The molecule has 5 nitrogen and oxygen atoms in total. The highest BCUT2D eigenvalue weighted by Gasteiger charge is 2.14. The Morgan fingerprint density at radius 2 is 1.84 bits per heavy atom. The van der Waals surface area contributed by atoms with Crippen molar-refractivity contribution in [1.82, 2.24) is 15.1 Å². The Hall–Kier alpha value is -2.67. The van der Waals surface area contributed by atoms with Crippen molar-refractivity contribution < 1.29 is 13.6 Å². The third-order valence-electron chi connectivity index (χ3n) is 3.51. The van der Waals surface area contributed by atoms with Crippen LogP contribution in [-0.2, 0) is 11.3 Å². The predicted octanol–water partition coefficient (Wildman–Crippen LogP) is 3.63. The van der Waals surface area contributed by atoms with Crippen molar-refractivity contribution in [2.75, 3.05) is 12.8 Å². The maximum atomic E-state index is 12.9. The summed E-state index contributed by atoms with van der Waals surface area (Å²) in [4.78, 5) is 13.9. The van der Waals surface area contributed by atoms with Crippen molar-refractivity contribution in [2.45, 2.75) is 11.8 Å². The van der Waals surface area contributed by atoms with E-state index in [1.54, 1.807) is 24.1 Å². The highest BCUT2D eigenvalue weighted by molar-refractivity contribution is 7.99. The number of carbonyl (C=O) groups is 1. The molecule has 0 saturated carbocycles. The zero-order valence-electron chi connectivity index (χ0n) is 13.6. The van der Waals surface area contributed by atoms with E-state index in [-0.39, 0.29) is 17.5 Å². The van der Waals surface area contributed by atoms with Crippen molar-refractivity contribution >= 4 is 17.7 Å². The third-order valence-corrected chi connectivity index (χ3v) is 4.31. The second-order valence-electron chi connectivity index (χ2n) is 5.40. The Balaban J connectivity index is 1.54. The summed E-state index contributed by atoms with van der Waals surface area (Å²) in [5, 5.41) is 8.14. The maximum Gasteiger partial charge on any atom is 0.277 e. The van der Waals surface area contributed by atoms with Gasteiger partial charge in [-0.15, -0.1) is 10.2 Å². The Labute approximate surface area is 148 Å². The first kappa shape index (κ1) is 17.2. The summed E-state index contributed by atoms with van der Waals surface area (Å²) in [5.74, 6) is 0.141. The van der Waals surface area contributed by atoms with Gasteiger partial charge in [0.2, 0.25) is 11.8 Å². The van der Waals surface area contributed by atoms with Gasteiger partial charge in [-0.3, -0.25) is 4.79 Å². The maximum absolute atomic E-state index is 12.9. The van der Waals surface area contributed by atoms with Crippen LogP contribution < -0.4 is 0 Å². The van der Waals surface area contributed by atoms with Crippen LogP contribution in [0.2, 0.25) is 0 Å². The van der Waals surface area contributed by atoms with E-state index in [0.29, 0.717) is 23.2 Å². The molecule has 3 rings (SSSR count). The Morgan fingerprint density at radius 1 is 1.12 bits per heavy atom. The molecule has 0 N–H and O–H groups in total. The Kier molecular flexibility index (Phi) is 5.45. The molecule has 1 amide bonds. The second-order valence-corrected chi connectivity index (χ2v) is 6.33. The average Bonchev–Trinajstić information content (AvgIpc) is 3.10. The summed E-state index contributed by atoms with van der Waals surface area (Å²) in [6.07, 6.45) is 0. The van der Waals surface area contributed by atoms with Gasteiger partial charge in [-0.05, 0) is 29.8 Å². The van der Waals surface area contributed by atoms with Gasteiger partial charge in [0.1, 0.15) is 5.82 Å². The van der Waals surface area contributed by atoms with E-state index in [1.165, 1.54) is 23.9 Å². The summed E-state index contributed by atoms with van der Waals surface area (Å²) >= 11 is 1.18. The Morgan fingerprint density at radius 3 is 2.56 bits per heavy atom. The summed E-state index contributed by atoms with van der Waals surface area (Å²) in [6, 6.07) is 15.6. The summed E-state index contributed by atoms with van der Waals surface area (Å²) in [5.41, 5.74) is 1.70. The first-order valence-electron chi connectivity index (χ1n) is 7.62. The topological polar surface area (TPSA) is 59.2 Å². The van der Waals surface area contributed by atoms with Gasteiger partial charge in [0.15, 0.2) is 0 Å². The fourth-order valence-corrected chi connectivity index (χ4v) is 2.86. The standard InChI is InChI=1S/C18H16FN3O2S/c1-22(11-13-5-3-2-4-6-13)16(23)12-25-18-21-20-17(24-18)14-7-9-15(19)10-8-14/h2-10H,11-12H2,1H3. The molecule has 0 spiro atoms. The number of benzene rings is 2. The molecule has 0 unspecified atom stereocenters. The summed E-state index contributed by atoms with van der Waals surface area (Å²) in [7, 11) is 1.76. The molecule has 0 atom stereocenters. The lowest BCUT2D eigenvalue weighted by atomic mass is 10.2. The van der Waals surface area contributed by atoms with Gasteiger partial charge >= 0.3 is 0 Å². The lowest BCUT2D eigenvalue weighted by Crippen LogP contribution is -2.27. The number of amides is 1. The van der Waals surface area contributed by atoms with Crippen molar-refractivity contribution in [3.63, 3.8) is 0 Å². The van der Waals surface area contributed by atoms with E-state index < -0.39 is 0 Å². The molecular weight excluding hydrogens is 341 g/mol. The molecule has 0 aliphatic heterocycles. The molecule has 0 fully saturated rings. The first-order chi connectivity index (χ1) is 12.1. The van der Waals surface area contributed by atoms with Crippen LogP contribution in [-0.4, -0.2) is 33.8 Å². The fourth-order valence-electron chi connectivity index (χ4n) is 2.16. The van der Waals surface area contributed by atoms with Gasteiger partial charge in [0, 0.05) is 19.2 Å². The number of thioether (sulfide) groups is 1. The number of hydrogen-bond donors (Lipinski definition) is 0. The average molecular weight is 357 g/mol. The SMILES string of the molecule is CN(Cc1ccccc1)C(=O)CSc1nnc(-c2ccc(F)cc2)o1. The van der Waals surface area contributed by atoms with E-state index in [0.717, 1.165) is 5.56 Å². The van der Waals surface area contributed by atoms with Crippen LogP contribution in [0.1, 0.15) is 5.56 Å². The zero-order chi connectivity index (χ0) is 17.6. The van der Waals surface area contributed by atoms with Gasteiger partial charge in [0.05, 0.1) is 5.75 Å². The summed E-state index contributed by atoms with van der Waals surface area (Å²) in [6.45, 7) is 0.547. The van der Waals surface area contributed by atoms with E-state index in [4.69, 9.17) is 4.42 Å². The van der Waals surface area contributed by atoms with Gasteiger partial charge in [-0.25, -0.2) is 4.39 Å². The third kappa shape index (κ3) is 4.67. The predicted molar refractivity (Wildman–Crippen MR) is 93.3 cm³/mol. The van der Waals surface area contributed by atoms with E-state index in [2.05, 4.69) is 10.2 Å². The minimum Gasteiger partial charge on any atom is -0.411 e. The highest BCUT2D eigenvalue weighted by atomic mass is 32.2. The van der Waals surface area contributed by atoms with Crippen molar-refractivity contribution in [1.29, 1.82) is 0 Å². The van der Waals surface area contributed by atoms with E-state index in [1.807, 2.05) is 30.3 Å². The molecule has 7 heteroatoms. The molecule has 0 radical (unpaired) electrons. The zero-order valence-corrected chi connectivity index (χ0v) is 14.4. The van der Waals surface area contributed by atoms with Gasteiger partial charge in [0.25, 0.3) is 5.22 Å². The first-order valence-corrected chi connectivity index (χ1v) is 8.60. The number of nitrogens with zero attached hydrogens (tertiary/aromatic N) is 3. The van der Waals surface area contributed by atoms with Gasteiger partial charge in [-0.2, -0.15) is 0 Å². The molecule has 0 saturated heterocycles. The van der Waals surface area contributed by atoms with Crippen LogP contribution in [0.15, 0.2) is 64.2 Å². The molecule has 3 aromatic rings. The van der Waals surface area contributed by atoms with Gasteiger partial charge < -0.3 is 9.32 Å². The normalized spacial score (nSPS) is 10.6. The second kappa shape index (κ2) is 7.94. The largest absolute Gasteiger partial charge is 0.411 e. The smallest absolute Gasteiger partial charge is 0.277 e. The number of carbonyl (C=O) groups excluding carboxylic acids is 1. The molecule has 2 aromatic carbocycles. The fraction of sp³-hybridized carbons (Fsp3) is 0.167. The molecular formula is C18H16FN3O2S. The van der Waals surface area contributed by atoms with Crippen LogP contribution in [0.4, 0.5) is 4.39 Å². The van der Waals surface area contributed by atoms with E-state index in [9.17, 15) is 9.18 Å². The van der Waals surface area contributed by atoms with Crippen LogP contribution in [0.25, 0.3) is 11.5 Å².